The van der Waals surface area contributed by atoms with Gasteiger partial charge in [0.25, 0.3) is 0 Å². The molecule has 4 rings (SSSR count). The predicted molar refractivity (Wildman–Crippen MR) is 113 cm³/mol. The van der Waals surface area contributed by atoms with Crippen molar-refractivity contribution in [3.63, 3.8) is 0 Å². The van der Waals surface area contributed by atoms with Crippen molar-refractivity contribution in [2.24, 2.45) is 5.10 Å². The molecule has 0 bridgehead atoms. The molecule has 3 N–H and O–H groups in total. The van der Waals surface area contributed by atoms with E-state index in [0.717, 1.165) is 37.5 Å². The first-order valence-corrected chi connectivity index (χ1v) is 9.77. The number of morpholine rings is 2. The van der Waals surface area contributed by atoms with E-state index in [4.69, 9.17) is 20.2 Å². The van der Waals surface area contributed by atoms with Gasteiger partial charge in [-0.2, -0.15) is 20.1 Å². The Morgan fingerprint density at radius 1 is 0.966 bits per heavy atom. The molecule has 2 aliphatic rings. The van der Waals surface area contributed by atoms with Gasteiger partial charge in [0.05, 0.1) is 32.1 Å². The number of hydrogen-bond donors (Lipinski definition) is 2. The van der Waals surface area contributed by atoms with Gasteiger partial charge in [-0.1, -0.05) is 12.1 Å². The third-order valence-electron chi connectivity index (χ3n) is 4.83. The molecule has 0 unspecified atom stereocenters. The maximum Gasteiger partial charge on any atom is 0.250 e. The summed E-state index contributed by atoms with van der Waals surface area (Å²) in [4.78, 5) is 18.1. The van der Waals surface area contributed by atoms with Crippen molar-refractivity contribution in [3.8, 4) is 0 Å². The zero-order valence-corrected chi connectivity index (χ0v) is 16.5. The fourth-order valence-electron chi connectivity index (χ4n) is 3.18. The highest BCUT2D eigenvalue weighted by Crippen LogP contribution is 2.19. The first kappa shape index (κ1) is 19.3. The number of aromatic nitrogens is 3. The lowest BCUT2D eigenvalue weighted by molar-refractivity contribution is 0.121. The van der Waals surface area contributed by atoms with Crippen LogP contribution in [0.15, 0.2) is 29.4 Å². The molecule has 0 atom stereocenters. The fraction of sp³-hybridized carbons (Fsp3) is 0.474. The van der Waals surface area contributed by atoms with Gasteiger partial charge in [0.1, 0.15) is 0 Å². The first-order valence-electron chi connectivity index (χ1n) is 9.77. The molecule has 0 aliphatic carbocycles. The predicted octanol–water partition coefficient (Wildman–Crippen LogP) is 0.963. The van der Waals surface area contributed by atoms with Gasteiger partial charge in [0.2, 0.25) is 17.8 Å². The molecule has 2 fully saturated rings. The number of nitrogen functional groups attached to an aromatic ring is 1. The number of rotatable bonds is 5. The van der Waals surface area contributed by atoms with E-state index in [2.05, 4.69) is 30.3 Å². The minimum absolute atomic E-state index is 0.409. The van der Waals surface area contributed by atoms with Crippen molar-refractivity contribution >= 4 is 29.2 Å². The molecule has 1 aromatic carbocycles. The Kier molecular flexibility index (Phi) is 6.01. The summed E-state index contributed by atoms with van der Waals surface area (Å²) in [5.41, 5.74) is 11.3. The van der Waals surface area contributed by atoms with Gasteiger partial charge in [-0.05, 0) is 24.6 Å². The summed E-state index contributed by atoms with van der Waals surface area (Å²) in [5, 5.41) is 4.45. The highest BCUT2D eigenvalue weighted by Gasteiger charge is 2.20. The minimum atomic E-state index is 0.409. The lowest BCUT2D eigenvalue weighted by Crippen LogP contribution is -2.40. The number of nitrogens with two attached hydrogens (primary N) is 1. The smallest absolute Gasteiger partial charge is 0.250 e. The molecule has 29 heavy (non-hydrogen) atoms. The molecule has 1 aromatic heterocycles. The van der Waals surface area contributed by atoms with Gasteiger partial charge in [-0.3, -0.25) is 0 Å². The second-order valence-electron chi connectivity index (χ2n) is 6.89. The van der Waals surface area contributed by atoms with Crippen LogP contribution in [0.25, 0.3) is 0 Å². The van der Waals surface area contributed by atoms with Gasteiger partial charge in [0, 0.05) is 31.9 Å². The van der Waals surface area contributed by atoms with Crippen LogP contribution in [0.2, 0.25) is 0 Å². The molecule has 0 radical (unpaired) electrons. The van der Waals surface area contributed by atoms with Crippen molar-refractivity contribution in [1.82, 2.24) is 15.0 Å². The van der Waals surface area contributed by atoms with Crippen LogP contribution >= 0.6 is 0 Å². The molecule has 10 nitrogen and oxygen atoms in total. The Bertz CT molecular complexity index is 827. The number of ether oxygens (including phenoxy) is 2. The number of hydrogen-bond acceptors (Lipinski definition) is 10. The molecule has 2 aromatic rings. The molecule has 10 heteroatoms. The average molecular weight is 398 g/mol. The van der Waals surface area contributed by atoms with E-state index in [1.54, 1.807) is 0 Å². The highest BCUT2D eigenvalue weighted by atomic mass is 16.5. The number of anilines is 4. The third kappa shape index (κ3) is 4.90. The third-order valence-corrected chi connectivity index (χ3v) is 4.83. The van der Waals surface area contributed by atoms with Crippen LogP contribution in [0.5, 0.6) is 0 Å². The summed E-state index contributed by atoms with van der Waals surface area (Å²) in [7, 11) is 0. The van der Waals surface area contributed by atoms with Crippen LogP contribution in [0.3, 0.4) is 0 Å². The van der Waals surface area contributed by atoms with E-state index in [-0.39, 0.29) is 0 Å². The summed E-state index contributed by atoms with van der Waals surface area (Å²) in [5.74, 6) is 1.67. The van der Waals surface area contributed by atoms with Crippen LogP contribution in [0, 0.1) is 0 Å². The number of benzene rings is 1. The molecule has 0 amide bonds. The molecule has 154 valence electrons. The molecule has 0 saturated carbocycles. The van der Waals surface area contributed by atoms with Gasteiger partial charge in [-0.15, -0.1) is 0 Å². The second-order valence-corrected chi connectivity index (χ2v) is 6.89. The van der Waals surface area contributed by atoms with Gasteiger partial charge >= 0.3 is 0 Å². The van der Waals surface area contributed by atoms with E-state index in [1.807, 2.05) is 31.2 Å². The lowest BCUT2D eigenvalue weighted by Gasteiger charge is -2.30. The summed E-state index contributed by atoms with van der Waals surface area (Å²) < 4.78 is 10.9. The summed E-state index contributed by atoms with van der Waals surface area (Å²) in [6.07, 6.45) is 0. The topological polar surface area (TPSA) is 114 Å². The standard InChI is InChI=1S/C19H26N8O2/c1-14(15-3-2-4-16(20)13-15)24-25-17-21-18(26-5-9-28-10-6-26)23-19(22-17)27-7-11-29-12-8-27/h2-4,13H,5-12,20H2,1H3,(H,21,22,23,25). The molecule has 3 heterocycles. The highest BCUT2D eigenvalue weighted by molar-refractivity contribution is 5.99. The van der Waals surface area contributed by atoms with Crippen LogP contribution in [-0.4, -0.2) is 73.3 Å². The van der Waals surface area contributed by atoms with Crippen molar-refractivity contribution in [1.29, 1.82) is 0 Å². The molecular weight excluding hydrogens is 372 g/mol. The van der Waals surface area contributed by atoms with E-state index in [9.17, 15) is 0 Å². The first-order chi connectivity index (χ1) is 14.2. The van der Waals surface area contributed by atoms with Crippen molar-refractivity contribution in [2.75, 3.05) is 73.6 Å². The van der Waals surface area contributed by atoms with E-state index in [0.29, 0.717) is 50.0 Å². The van der Waals surface area contributed by atoms with E-state index in [1.165, 1.54) is 0 Å². The zero-order valence-electron chi connectivity index (χ0n) is 16.5. The molecule has 2 saturated heterocycles. The minimum Gasteiger partial charge on any atom is -0.399 e. The summed E-state index contributed by atoms with van der Waals surface area (Å²) >= 11 is 0. The van der Waals surface area contributed by atoms with Crippen molar-refractivity contribution in [3.05, 3.63) is 29.8 Å². The van der Waals surface area contributed by atoms with Crippen molar-refractivity contribution in [2.45, 2.75) is 6.92 Å². The maximum atomic E-state index is 5.87. The van der Waals surface area contributed by atoms with Crippen LogP contribution in [-0.2, 0) is 9.47 Å². The Morgan fingerprint density at radius 2 is 1.55 bits per heavy atom. The fourth-order valence-corrected chi connectivity index (χ4v) is 3.18. The number of nitrogens with zero attached hydrogens (tertiary/aromatic N) is 6. The van der Waals surface area contributed by atoms with Crippen LogP contribution in [0.4, 0.5) is 23.5 Å². The Morgan fingerprint density at radius 3 is 2.10 bits per heavy atom. The molecular formula is C19H26N8O2. The monoisotopic (exact) mass is 398 g/mol. The molecule has 0 spiro atoms. The number of nitrogens with one attached hydrogen (secondary N) is 1. The lowest BCUT2D eigenvalue weighted by atomic mass is 10.1. The zero-order chi connectivity index (χ0) is 20.1. The van der Waals surface area contributed by atoms with Crippen LogP contribution < -0.4 is 21.0 Å². The quantitative estimate of drug-likeness (QED) is 0.432. The maximum absolute atomic E-state index is 5.87. The van der Waals surface area contributed by atoms with E-state index >= 15 is 0 Å². The number of hydrazone groups is 1. The second kappa shape index (κ2) is 9.01. The SMILES string of the molecule is CC(=NNc1nc(N2CCOCC2)nc(N2CCOCC2)n1)c1cccc(N)c1. The van der Waals surface area contributed by atoms with Gasteiger partial charge in [0.15, 0.2) is 0 Å². The normalized spacial score (nSPS) is 18.0. The van der Waals surface area contributed by atoms with Gasteiger partial charge < -0.3 is 25.0 Å². The Labute approximate surface area is 169 Å². The average Bonchev–Trinajstić information content (AvgIpc) is 2.78. The molecule has 2 aliphatic heterocycles. The largest absolute Gasteiger partial charge is 0.399 e. The summed E-state index contributed by atoms with van der Waals surface area (Å²) in [6.45, 7) is 7.54. The Hall–Kier alpha value is -2.98. The Balaban J connectivity index is 1.59. The summed E-state index contributed by atoms with van der Waals surface area (Å²) in [6, 6.07) is 7.59. The van der Waals surface area contributed by atoms with Gasteiger partial charge in [-0.25, -0.2) is 5.43 Å². The van der Waals surface area contributed by atoms with Crippen LogP contribution in [0.1, 0.15) is 12.5 Å². The van der Waals surface area contributed by atoms with Crippen molar-refractivity contribution < 1.29 is 9.47 Å². The van der Waals surface area contributed by atoms with E-state index < -0.39 is 0 Å².